The molecule has 0 aliphatic heterocycles. The van der Waals surface area contributed by atoms with E-state index in [0.717, 1.165) is 17.0 Å². The molecule has 0 fully saturated rings. The summed E-state index contributed by atoms with van der Waals surface area (Å²) in [5.74, 6) is 0.455. The first kappa shape index (κ1) is 16.1. The zero-order valence-electron chi connectivity index (χ0n) is 12.8. The van der Waals surface area contributed by atoms with Gasteiger partial charge in [-0.2, -0.15) is 0 Å². The first-order valence-electron chi connectivity index (χ1n) is 7.28. The average Bonchev–Trinajstić information content (AvgIpc) is 2.41. The van der Waals surface area contributed by atoms with Gasteiger partial charge in [0, 0.05) is 16.3 Å². The molecule has 2 aromatic carbocycles. The topological polar surface area (TPSA) is 12.0 Å². The fraction of sp³-hybridized carbons (Fsp3) is 0.333. The Bertz CT molecular complexity index is 596. The Kier molecular flexibility index (Phi) is 5.83. The summed E-state index contributed by atoms with van der Waals surface area (Å²) >= 11 is 1.47. The third-order valence-electron chi connectivity index (χ3n) is 3.10. The molecule has 0 heterocycles. The van der Waals surface area contributed by atoms with Gasteiger partial charge in [0.1, 0.15) is 5.82 Å². The summed E-state index contributed by atoms with van der Waals surface area (Å²) in [6, 6.07) is 13.6. The molecule has 2 rings (SSSR count). The van der Waals surface area contributed by atoms with Crippen LogP contribution in [0.4, 0.5) is 4.39 Å². The SMILES string of the molecule is Cc1cccc(Sc2ccc(CNCC(C)C)cc2F)c1. The number of hydrogen-bond donors (Lipinski definition) is 1. The van der Waals surface area contributed by atoms with Crippen molar-refractivity contribution in [2.24, 2.45) is 5.92 Å². The lowest BCUT2D eigenvalue weighted by Crippen LogP contribution is -2.18. The van der Waals surface area contributed by atoms with Crippen molar-refractivity contribution in [3.63, 3.8) is 0 Å². The van der Waals surface area contributed by atoms with Gasteiger partial charge in [0.2, 0.25) is 0 Å². The van der Waals surface area contributed by atoms with Crippen LogP contribution in [0.2, 0.25) is 0 Å². The van der Waals surface area contributed by atoms with Gasteiger partial charge in [-0.25, -0.2) is 4.39 Å². The van der Waals surface area contributed by atoms with Gasteiger partial charge >= 0.3 is 0 Å². The van der Waals surface area contributed by atoms with E-state index in [4.69, 9.17) is 0 Å². The van der Waals surface area contributed by atoms with E-state index < -0.39 is 0 Å². The standard InChI is InChI=1S/C18H22FNS/c1-13(2)11-20-12-15-7-8-18(17(19)10-15)21-16-6-4-5-14(3)9-16/h4-10,13,20H,11-12H2,1-3H3. The van der Waals surface area contributed by atoms with Crippen molar-refractivity contribution in [2.45, 2.75) is 37.1 Å². The van der Waals surface area contributed by atoms with Crippen LogP contribution in [0, 0.1) is 18.7 Å². The predicted molar refractivity (Wildman–Crippen MR) is 88.2 cm³/mol. The molecule has 0 saturated heterocycles. The second-order valence-electron chi connectivity index (χ2n) is 5.71. The lowest BCUT2D eigenvalue weighted by molar-refractivity contribution is 0.548. The molecule has 0 aliphatic rings. The summed E-state index contributed by atoms with van der Waals surface area (Å²) in [5.41, 5.74) is 2.18. The molecule has 0 aromatic heterocycles. The summed E-state index contributed by atoms with van der Waals surface area (Å²) < 4.78 is 14.2. The van der Waals surface area contributed by atoms with Crippen LogP contribution in [0.5, 0.6) is 0 Å². The van der Waals surface area contributed by atoms with Gasteiger partial charge in [-0.3, -0.25) is 0 Å². The zero-order chi connectivity index (χ0) is 15.2. The molecule has 0 bridgehead atoms. The van der Waals surface area contributed by atoms with Crippen LogP contribution in [0.15, 0.2) is 52.3 Å². The van der Waals surface area contributed by atoms with E-state index in [0.29, 0.717) is 17.4 Å². The number of halogens is 1. The molecule has 1 N–H and O–H groups in total. The third-order valence-corrected chi connectivity index (χ3v) is 4.14. The third kappa shape index (κ3) is 5.18. The fourth-order valence-electron chi connectivity index (χ4n) is 2.05. The van der Waals surface area contributed by atoms with Crippen LogP contribution in [0.25, 0.3) is 0 Å². The maximum Gasteiger partial charge on any atom is 0.137 e. The molecule has 3 heteroatoms. The highest BCUT2D eigenvalue weighted by Gasteiger charge is 2.06. The molecule has 0 radical (unpaired) electrons. The van der Waals surface area contributed by atoms with E-state index in [1.165, 1.54) is 17.3 Å². The van der Waals surface area contributed by atoms with Crippen molar-refractivity contribution < 1.29 is 4.39 Å². The van der Waals surface area contributed by atoms with E-state index >= 15 is 0 Å². The summed E-state index contributed by atoms with van der Waals surface area (Å²) in [6.07, 6.45) is 0. The number of rotatable bonds is 6. The van der Waals surface area contributed by atoms with E-state index in [9.17, 15) is 4.39 Å². The molecule has 1 nitrogen and oxygen atoms in total. The van der Waals surface area contributed by atoms with Crippen LogP contribution in [0.1, 0.15) is 25.0 Å². The van der Waals surface area contributed by atoms with E-state index in [2.05, 4.69) is 25.2 Å². The van der Waals surface area contributed by atoms with E-state index in [-0.39, 0.29) is 5.82 Å². The maximum absolute atomic E-state index is 14.2. The van der Waals surface area contributed by atoms with Crippen molar-refractivity contribution in [2.75, 3.05) is 6.54 Å². The van der Waals surface area contributed by atoms with Crippen LogP contribution in [-0.4, -0.2) is 6.54 Å². The van der Waals surface area contributed by atoms with Gasteiger partial charge in [0.15, 0.2) is 0 Å². The van der Waals surface area contributed by atoms with E-state index in [1.807, 2.05) is 37.3 Å². The normalized spacial score (nSPS) is 11.1. The first-order chi connectivity index (χ1) is 10.0. The summed E-state index contributed by atoms with van der Waals surface area (Å²) in [7, 11) is 0. The second kappa shape index (κ2) is 7.62. The first-order valence-corrected chi connectivity index (χ1v) is 8.10. The molecule has 0 spiro atoms. The van der Waals surface area contributed by atoms with Gasteiger partial charge in [-0.15, -0.1) is 0 Å². The highest BCUT2D eigenvalue weighted by molar-refractivity contribution is 7.99. The highest BCUT2D eigenvalue weighted by atomic mass is 32.2. The molecule has 112 valence electrons. The van der Waals surface area contributed by atoms with Gasteiger partial charge in [-0.1, -0.05) is 49.4 Å². The van der Waals surface area contributed by atoms with Crippen molar-refractivity contribution >= 4 is 11.8 Å². The molecule has 0 saturated carbocycles. The molecule has 21 heavy (non-hydrogen) atoms. The quantitative estimate of drug-likeness (QED) is 0.803. The number of aryl methyl sites for hydroxylation is 1. The Morgan fingerprint density at radius 3 is 2.62 bits per heavy atom. The minimum atomic E-state index is -0.148. The Morgan fingerprint density at radius 2 is 1.95 bits per heavy atom. The van der Waals surface area contributed by atoms with Crippen molar-refractivity contribution in [3.8, 4) is 0 Å². The molecule has 0 amide bonds. The summed E-state index contributed by atoms with van der Waals surface area (Å²) in [6.45, 7) is 8.03. The molecule has 0 atom stereocenters. The van der Waals surface area contributed by atoms with Gasteiger partial charge in [0.25, 0.3) is 0 Å². The minimum absolute atomic E-state index is 0.148. The lowest BCUT2D eigenvalue weighted by atomic mass is 10.2. The molecule has 0 aliphatic carbocycles. The molecular formula is C18H22FNS. The second-order valence-corrected chi connectivity index (χ2v) is 6.82. The highest BCUT2D eigenvalue weighted by Crippen LogP contribution is 2.30. The van der Waals surface area contributed by atoms with Crippen LogP contribution in [0.3, 0.4) is 0 Å². The molecule has 2 aromatic rings. The van der Waals surface area contributed by atoms with E-state index in [1.54, 1.807) is 6.07 Å². The van der Waals surface area contributed by atoms with Crippen molar-refractivity contribution in [1.82, 2.24) is 5.32 Å². The van der Waals surface area contributed by atoms with Crippen LogP contribution >= 0.6 is 11.8 Å². The zero-order valence-corrected chi connectivity index (χ0v) is 13.6. The number of hydrogen-bond acceptors (Lipinski definition) is 2. The largest absolute Gasteiger partial charge is 0.312 e. The monoisotopic (exact) mass is 303 g/mol. The smallest absolute Gasteiger partial charge is 0.137 e. The van der Waals surface area contributed by atoms with Gasteiger partial charge < -0.3 is 5.32 Å². The van der Waals surface area contributed by atoms with Gasteiger partial charge in [-0.05, 0) is 49.2 Å². The Morgan fingerprint density at radius 1 is 1.14 bits per heavy atom. The molecular weight excluding hydrogens is 281 g/mol. The fourth-order valence-corrected chi connectivity index (χ4v) is 2.99. The van der Waals surface area contributed by atoms with Crippen molar-refractivity contribution in [1.29, 1.82) is 0 Å². The summed E-state index contributed by atoms with van der Waals surface area (Å²) in [4.78, 5) is 1.74. The summed E-state index contributed by atoms with van der Waals surface area (Å²) in [5, 5.41) is 3.33. The number of nitrogens with one attached hydrogen (secondary N) is 1. The van der Waals surface area contributed by atoms with Gasteiger partial charge in [0.05, 0.1) is 0 Å². The maximum atomic E-state index is 14.2. The van der Waals surface area contributed by atoms with Crippen molar-refractivity contribution in [3.05, 3.63) is 59.4 Å². The lowest BCUT2D eigenvalue weighted by Gasteiger charge is -2.09. The Hall–Kier alpha value is -1.32. The minimum Gasteiger partial charge on any atom is -0.312 e. The van der Waals surface area contributed by atoms with Crippen LogP contribution < -0.4 is 5.32 Å². The average molecular weight is 303 g/mol. The Labute approximate surface area is 131 Å². The Balaban J connectivity index is 2.02. The predicted octanol–water partition coefficient (Wildman–Crippen LogP) is 5.03. The number of benzene rings is 2. The molecule has 0 unspecified atom stereocenters. The van der Waals surface area contributed by atoms with Crippen LogP contribution in [-0.2, 0) is 6.54 Å².